The summed E-state index contributed by atoms with van der Waals surface area (Å²) in [6, 6.07) is 7.97. The number of halogens is 1. The monoisotopic (exact) mass is 299 g/mol. The number of pyridine rings is 1. The van der Waals surface area contributed by atoms with Gasteiger partial charge < -0.3 is 15.4 Å². The maximum atomic E-state index is 13.4. The van der Waals surface area contributed by atoms with Gasteiger partial charge in [-0.2, -0.15) is 4.39 Å². The molecule has 0 bridgehead atoms. The molecule has 0 fully saturated rings. The highest BCUT2D eigenvalue weighted by Gasteiger charge is 2.11. The Hall–Kier alpha value is -2.89. The lowest BCUT2D eigenvalue weighted by Crippen LogP contribution is -2.26. The zero-order valence-corrected chi connectivity index (χ0v) is 11.6. The third-order valence-electron chi connectivity index (χ3n) is 3.43. The van der Waals surface area contributed by atoms with E-state index in [1.807, 2.05) is 6.20 Å². The molecule has 1 aromatic carbocycles. The molecule has 5 nitrogen and oxygen atoms in total. The van der Waals surface area contributed by atoms with Gasteiger partial charge in [0.15, 0.2) is 0 Å². The molecule has 0 saturated carbocycles. The largest absolute Gasteiger partial charge is 0.508 e. The Morgan fingerprint density at radius 2 is 2.23 bits per heavy atom. The molecule has 0 spiro atoms. The van der Waals surface area contributed by atoms with Crippen LogP contribution in [0.4, 0.5) is 4.39 Å². The molecule has 3 rings (SSSR count). The van der Waals surface area contributed by atoms with Crippen molar-refractivity contribution >= 4 is 16.8 Å². The summed E-state index contributed by atoms with van der Waals surface area (Å²) in [5.41, 5.74) is 1.81. The number of H-pyrrole nitrogens is 1. The van der Waals surface area contributed by atoms with E-state index in [9.17, 15) is 14.3 Å². The SMILES string of the molecule is O=C(NCCc1c[nH]c2ccc(O)cc12)c1cccnc1F. The molecule has 3 N–H and O–H groups in total. The molecule has 2 aromatic heterocycles. The first-order valence-electron chi connectivity index (χ1n) is 6.83. The highest BCUT2D eigenvalue weighted by Crippen LogP contribution is 2.23. The molecule has 0 aliphatic carbocycles. The Morgan fingerprint density at radius 1 is 1.36 bits per heavy atom. The number of benzene rings is 1. The van der Waals surface area contributed by atoms with Crippen molar-refractivity contribution in [2.24, 2.45) is 0 Å². The van der Waals surface area contributed by atoms with Crippen molar-refractivity contribution in [3.8, 4) is 5.75 Å². The van der Waals surface area contributed by atoms with Crippen LogP contribution in [0.5, 0.6) is 5.75 Å². The van der Waals surface area contributed by atoms with Gasteiger partial charge in [-0.3, -0.25) is 4.79 Å². The fourth-order valence-electron chi connectivity index (χ4n) is 2.33. The van der Waals surface area contributed by atoms with Crippen LogP contribution >= 0.6 is 0 Å². The van der Waals surface area contributed by atoms with Gasteiger partial charge in [-0.25, -0.2) is 4.98 Å². The van der Waals surface area contributed by atoms with Gasteiger partial charge in [0.1, 0.15) is 5.75 Å². The molecule has 6 heteroatoms. The normalized spacial score (nSPS) is 10.8. The molecule has 1 amide bonds. The summed E-state index contributed by atoms with van der Waals surface area (Å²) in [5, 5.41) is 13.1. The number of nitrogens with one attached hydrogen (secondary N) is 2. The molecule has 3 aromatic rings. The third-order valence-corrected chi connectivity index (χ3v) is 3.43. The number of aromatic amines is 1. The molecule has 0 unspecified atom stereocenters. The second-order valence-electron chi connectivity index (χ2n) is 4.89. The van der Waals surface area contributed by atoms with Crippen molar-refractivity contribution in [2.45, 2.75) is 6.42 Å². The molecular formula is C16H14FN3O2. The predicted octanol–water partition coefficient (Wildman–Crippen LogP) is 2.38. The number of aromatic nitrogens is 2. The summed E-state index contributed by atoms with van der Waals surface area (Å²) >= 11 is 0. The Kier molecular flexibility index (Phi) is 3.74. The summed E-state index contributed by atoms with van der Waals surface area (Å²) in [6.07, 6.45) is 3.70. The van der Waals surface area contributed by atoms with E-state index in [4.69, 9.17) is 0 Å². The Bertz CT molecular complexity index is 829. The lowest BCUT2D eigenvalue weighted by atomic mass is 10.1. The quantitative estimate of drug-likeness (QED) is 0.647. The van der Waals surface area contributed by atoms with Crippen LogP contribution in [0.1, 0.15) is 15.9 Å². The maximum Gasteiger partial charge on any atom is 0.255 e. The highest BCUT2D eigenvalue weighted by atomic mass is 19.1. The zero-order valence-electron chi connectivity index (χ0n) is 11.6. The van der Waals surface area contributed by atoms with Crippen LogP contribution in [0.25, 0.3) is 10.9 Å². The summed E-state index contributed by atoms with van der Waals surface area (Å²) < 4.78 is 13.4. The van der Waals surface area contributed by atoms with E-state index in [1.54, 1.807) is 18.2 Å². The summed E-state index contributed by atoms with van der Waals surface area (Å²) in [6.45, 7) is 0.357. The lowest BCUT2D eigenvalue weighted by molar-refractivity contribution is 0.0949. The van der Waals surface area contributed by atoms with Crippen LogP contribution < -0.4 is 5.32 Å². The highest BCUT2D eigenvalue weighted by molar-refractivity contribution is 5.94. The summed E-state index contributed by atoms with van der Waals surface area (Å²) in [4.78, 5) is 18.4. The Balaban J connectivity index is 1.66. The summed E-state index contributed by atoms with van der Waals surface area (Å²) in [7, 11) is 0. The van der Waals surface area contributed by atoms with Crippen molar-refractivity contribution in [2.75, 3.05) is 6.54 Å². The maximum absolute atomic E-state index is 13.4. The van der Waals surface area contributed by atoms with Crippen molar-refractivity contribution in [3.05, 3.63) is 59.8 Å². The number of fused-ring (bicyclic) bond motifs is 1. The Labute approximate surface area is 125 Å². The molecule has 112 valence electrons. The number of carbonyl (C=O) groups excluding carboxylic acids is 1. The Morgan fingerprint density at radius 3 is 3.05 bits per heavy atom. The van der Waals surface area contributed by atoms with E-state index in [2.05, 4.69) is 15.3 Å². The second kappa shape index (κ2) is 5.85. The van der Waals surface area contributed by atoms with Crippen molar-refractivity contribution in [1.29, 1.82) is 0 Å². The van der Waals surface area contributed by atoms with Crippen molar-refractivity contribution < 1.29 is 14.3 Å². The van der Waals surface area contributed by atoms with Crippen LogP contribution in [0.15, 0.2) is 42.7 Å². The first-order chi connectivity index (χ1) is 10.6. The fourth-order valence-corrected chi connectivity index (χ4v) is 2.33. The van der Waals surface area contributed by atoms with Gasteiger partial charge in [0, 0.05) is 29.8 Å². The van der Waals surface area contributed by atoms with Crippen molar-refractivity contribution in [3.63, 3.8) is 0 Å². The van der Waals surface area contributed by atoms with Gasteiger partial charge in [0.2, 0.25) is 5.95 Å². The van der Waals surface area contributed by atoms with Gasteiger partial charge in [0.25, 0.3) is 5.91 Å². The number of aromatic hydroxyl groups is 1. The number of hydrogen-bond acceptors (Lipinski definition) is 3. The molecular weight excluding hydrogens is 285 g/mol. The number of phenolic OH excluding ortho intramolecular Hbond substituents is 1. The standard InChI is InChI=1S/C16H14FN3O2/c17-15-12(2-1-6-18-15)16(22)19-7-5-10-9-20-14-4-3-11(21)8-13(10)14/h1-4,6,8-9,20-21H,5,7H2,(H,19,22). The van der Waals surface area contributed by atoms with Crippen LogP contribution in [0.2, 0.25) is 0 Å². The number of rotatable bonds is 4. The predicted molar refractivity (Wildman–Crippen MR) is 80.2 cm³/mol. The van der Waals surface area contributed by atoms with Crippen LogP contribution in [0, 0.1) is 5.95 Å². The third kappa shape index (κ3) is 2.76. The van der Waals surface area contributed by atoms with Crippen molar-refractivity contribution in [1.82, 2.24) is 15.3 Å². The topological polar surface area (TPSA) is 78.0 Å². The smallest absolute Gasteiger partial charge is 0.255 e. The first-order valence-corrected chi connectivity index (χ1v) is 6.83. The van der Waals surface area contributed by atoms with Crippen LogP contribution in [-0.2, 0) is 6.42 Å². The molecule has 0 aliphatic heterocycles. The van der Waals surface area contributed by atoms with E-state index in [-0.39, 0.29) is 11.3 Å². The molecule has 2 heterocycles. The molecule has 0 saturated heterocycles. The van der Waals surface area contributed by atoms with E-state index in [1.165, 1.54) is 18.3 Å². The van der Waals surface area contributed by atoms with Gasteiger partial charge in [-0.05, 0) is 42.3 Å². The van der Waals surface area contributed by atoms with Gasteiger partial charge >= 0.3 is 0 Å². The van der Waals surface area contributed by atoms with E-state index in [0.717, 1.165) is 16.5 Å². The molecule has 0 aliphatic rings. The number of amides is 1. The minimum Gasteiger partial charge on any atom is -0.508 e. The molecule has 22 heavy (non-hydrogen) atoms. The van der Waals surface area contributed by atoms with Gasteiger partial charge in [-0.1, -0.05) is 0 Å². The van der Waals surface area contributed by atoms with E-state index in [0.29, 0.717) is 13.0 Å². The first kappa shape index (κ1) is 14.1. The summed E-state index contributed by atoms with van der Waals surface area (Å²) in [5.74, 6) is -1.08. The fraction of sp³-hybridized carbons (Fsp3) is 0.125. The average Bonchev–Trinajstić information content (AvgIpc) is 2.90. The molecule has 0 atom stereocenters. The number of hydrogen-bond donors (Lipinski definition) is 3. The van der Waals surface area contributed by atoms with E-state index < -0.39 is 11.9 Å². The zero-order chi connectivity index (χ0) is 15.5. The minimum absolute atomic E-state index is 0.0703. The number of phenols is 1. The number of carbonyl (C=O) groups is 1. The van der Waals surface area contributed by atoms with Gasteiger partial charge in [-0.15, -0.1) is 0 Å². The van der Waals surface area contributed by atoms with Crippen LogP contribution in [0.3, 0.4) is 0 Å². The molecule has 0 radical (unpaired) electrons. The van der Waals surface area contributed by atoms with Crippen LogP contribution in [-0.4, -0.2) is 27.5 Å². The second-order valence-corrected chi connectivity index (χ2v) is 4.89. The lowest BCUT2D eigenvalue weighted by Gasteiger charge is -2.05. The average molecular weight is 299 g/mol. The van der Waals surface area contributed by atoms with E-state index >= 15 is 0 Å². The number of nitrogens with zero attached hydrogens (tertiary/aromatic N) is 1. The van der Waals surface area contributed by atoms with Gasteiger partial charge in [0.05, 0.1) is 5.56 Å². The minimum atomic E-state index is -0.781.